The third-order valence-corrected chi connectivity index (χ3v) is 5.99. The predicted octanol–water partition coefficient (Wildman–Crippen LogP) is 3.01. The van der Waals surface area contributed by atoms with Gasteiger partial charge in [0.1, 0.15) is 18.6 Å². The van der Waals surface area contributed by atoms with Crippen LogP contribution >= 0.6 is 0 Å². The van der Waals surface area contributed by atoms with Gasteiger partial charge in [-0.1, -0.05) is 0 Å². The van der Waals surface area contributed by atoms with Crippen molar-refractivity contribution in [1.29, 1.82) is 0 Å². The molecule has 0 unspecified atom stereocenters. The number of ether oxygens (including phenoxy) is 2. The maximum absolute atomic E-state index is 6.46. The molecule has 2 fully saturated rings. The van der Waals surface area contributed by atoms with E-state index in [-0.39, 0.29) is 6.10 Å². The van der Waals surface area contributed by atoms with E-state index in [1.54, 1.807) is 0 Å². The van der Waals surface area contributed by atoms with E-state index in [1.807, 2.05) is 24.6 Å². The summed E-state index contributed by atoms with van der Waals surface area (Å²) >= 11 is 0. The first-order valence-electron chi connectivity index (χ1n) is 10.5. The van der Waals surface area contributed by atoms with Crippen molar-refractivity contribution in [3.63, 3.8) is 0 Å². The lowest BCUT2D eigenvalue weighted by molar-refractivity contribution is 0.107. The largest absolute Gasteiger partial charge is 0.474 e. The lowest BCUT2D eigenvalue weighted by Gasteiger charge is -2.36. The first kappa shape index (κ1) is 18.4. The highest BCUT2D eigenvalue weighted by Crippen LogP contribution is 2.32. The Bertz CT molecular complexity index is 901. The van der Waals surface area contributed by atoms with Gasteiger partial charge in [0.25, 0.3) is 0 Å². The van der Waals surface area contributed by atoms with Gasteiger partial charge in [-0.25, -0.2) is 0 Å². The summed E-state index contributed by atoms with van der Waals surface area (Å²) in [5, 5.41) is 0.986. The number of pyridine rings is 2. The zero-order valence-corrected chi connectivity index (χ0v) is 16.6. The van der Waals surface area contributed by atoms with Crippen LogP contribution in [0.5, 0.6) is 5.88 Å². The Balaban J connectivity index is 1.32. The summed E-state index contributed by atoms with van der Waals surface area (Å²) in [5.41, 5.74) is 0.934. The van der Waals surface area contributed by atoms with E-state index in [0.29, 0.717) is 11.9 Å². The quantitative estimate of drug-likeness (QED) is 0.796. The number of allylic oxidation sites excluding steroid dienone is 1. The summed E-state index contributed by atoms with van der Waals surface area (Å²) < 4.78 is 11.9. The van der Waals surface area contributed by atoms with Crippen molar-refractivity contribution in [3.8, 4) is 5.88 Å². The van der Waals surface area contributed by atoms with Gasteiger partial charge in [-0.15, -0.1) is 0 Å². The molecule has 2 aliphatic heterocycles. The smallest absolute Gasteiger partial charge is 0.225 e. The summed E-state index contributed by atoms with van der Waals surface area (Å²) in [6.45, 7) is 3.93. The van der Waals surface area contributed by atoms with Gasteiger partial charge in [-0.2, -0.15) is 4.98 Å². The highest BCUT2D eigenvalue weighted by atomic mass is 16.5. The second-order valence-electron chi connectivity index (χ2n) is 7.83. The third kappa shape index (κ3) is 4.05. The monoisotopic (exact) mass is 393 g/mol. The number of hydrogen-bond donors (Lipinski definition) is 0. The molecule has 0 atom stereocenters. The van der Waals surface area contributed by atoms with Gasteiger partial charge in [0.15, 0.2) is 0 Å². The van der Waals surface area contributed by atoms with Crippen LogP contribution in [0, 0.1) is 0 Å². The molecule has 152 valence electrons. The molecule has 2 aromatic rings. The third-order valence-electron chi connectivity index (χ3n) is 5.99. The highest BCUT2D eigenvalue weighted by molar-refractivity contribution is 5.85. The average Bonchev–Trinajstić information content (AvgIpc) is 2.81. The van der Waals surface area contributed by atoms with Gasteiger partial charge in [0, 0.05) is 43.8 Å². The molecule has 29 heavy (non-hydrogen) atoms. The minimum atomic E-state index is 0.194. The van der Waals surface area contributed by atoms with Crippen LogP contribution in [0.3, 0.4) is 0 Å². The van der Waals surface area contributed by atoms with Crippen molar-refractivity contribution in [1.82, 2.24) is 14.9 Å². The topological polar surface area (TPSA) is 63.1 Å². The molecule has 1 saturated heterocycles. The molecule has 0 radical (unpaired) electrons. The van der Waals surface area contributed by atoms with Crippen molar-refractivity contribution < 1.29 is 9.47 Å². The van der Waals surface area contributed by atoms with Crippen LogP contribution < -0.4 is 9.64 Å². The maximum Gasteiger partial charge on any atom is 0.225 e. The fourth-order valence-electron chi connectivity index (χ4n) is 4.36. The summed E-state index contributed by atoms with van der Waals surface area (Å²) in [6.07, 6.45) is 12.4. The zero-order valence-electron chi connectivity index (χ0n) is 16.6. The molecule has 3 aliphatic rings. The van der Waals surface area contributed by atoms with Crippen LogP contribution in [0.1, 0.15) is 25.7 Å². The second kappa shape index (κ2) is 8.37. The van der Waals surface area contributed by atoms with E-state index < -0.39 is 0 Å². The van der Waals surface area contributed by atoms with Gasteiger partial charge in [0.2, 0.25) is 5.88 Å². The van der Waals surface area contributed by atoms with E-state index in [1.165, 1.54) is 0 Å². The first-order valence-corrected chi connectivity index (χ1v) is 10.5. The van der Waals surface area contributed by atoms with Crippen LogP contribution in [0.4, 0.5) is 5.82 Å². The number of fused-ring (bicyclic) bond motifs is 1. The molecule has 7 nitrogen and oxygen atoms in total. The fourth-order valence-corrected chi connectivity index (χ4v) is 4.36. The van der Waals surface area contributed by atoms with Gasteiger partial charge in [-0.05, 0) is 43.9 Å². The van der Waals surface area contributed by atoms with Crippen molar-refractivity contribution in [2.75, 3.05) is 37.9 Å². The van der Waals surface area contributed by atoms with Crippen LogP contribution in [0.15, 0.2) is 41.7 Å². The predicted molar refractivity (Wildman–Crippen MR) is 114 cm³/mol. The van der Waals surface area contributed by atoms with E-state index in [2.05, 4.69) is 38.1 Å². The SMILES string of the molecule is C1=CN(C2CCC(Oc3nc(N4CCOCC4)cc4ncccc34)CC2)CN=C1. The van der Waals surface area contributed by atoms with E-state index in [9.17, 15) is 0 Å². The van der Waals surface area contributed by atoms with Gasteiger partial charge >= 0.3 is 0 Å². The van der Waals surface area contributed by atoms with Crippen molar-refractivity contribution in [2.45, 2.75) is 37.8 Å². The summed E-state index contributed by atoms with van der Waals surface area (Å²) in [7, 11) is 0. The van der Waals surface area contributed by atoms with Crippen LogP contribution in [-0.4, -0.2) is 66.2 Å². The molecule has 1 aliphatic carbocycles. The van der Waals surface area contributed by atoms with Crippen LogP contribution in [-0.2, 0) is 4.74 Å². The summed E-state index contributed by atoms with van der Waals surface area (Å²) in [6, 6.07) is 6.61. The Morgan fingerprint density at radius 2 is 1.97 bits per heavy atom. The van der Waals surface area contributed by atoms with Crippen LogP contribution in [0.2, 0.25) is 0 Å². The Hall–Kier alpha value is -2.67. The van der Waals surface area contributed by atoms with E-state index in [0.717, 1.165) is 75.4 Å². The number of aromatic nitrogens is 2. The Kier molecular flexibility index (Phi) is 5.30. The second-order valence-corrected chi connectivity index (χ2v) is 7.83. The van der Waals surface area contributed by atoms with Gasteiger partial charge in [0.05, 0.1) is 24.1 Å². The molecule has 0 spiro atoms. The standard InChI is InChI=1S/C22H27N5O2/c1-3-19-20(24-9-1)15-21(26-11-13-28-14-12-26)25-22(19)29-18-6-4-17(5-7-18)27-10-2-8-23-16-27/h1-3,8-10,15,17-18H,4-7,11-14,16H2. The molecule has 0 amide bonds. The number of rotatable bonds is 4. The number of morpholine rings is 1. The van der Waals surface area contributed by atoms with E-state index in [4.69, 9.17) is 14.5 Å². The highest BCUT2D eigenvalue weighted by Gasteiger charge is 2.27. The minimum Gasteiger partial charge on any atom is -0.474 e. The first-order chi connectivity index (χ1) is 14.4. The van der Waals surface area contributed by atoms with E-state index >= 15 is 0 Å². The Morgan fingerprint density at radius 1 is 1.10 bits per heavy atom. The molecular weight excluding hydrogens is 366 g/mol. The molecular formula is C22H27N5O2. The molecule has 2 aromatic heterocycles. The molecule has 0 bridgehead atoms. The maximum atomic E-state index is 6.46. The molecule has 0 aromatic carbocycles. The van der Waals surface area contributed by atoms with Crippen LogP contribution in [0.25, 0.3) is 10.9 Å². The summed E-state index contributed by atoms with van der Waals surface area (Å²) in [5.74, 6) is 1.64. The number of aliphatic imine (C=N–C) groups is 1. The van der Waals surface area contributed by atoms with Crippen molar-refractivity contribution in [2.24, 2.45) is 4.99 Å². The number of nitrogens with zero attached hydrogens (tertiary/aromatic N) is 5. The molecule has 0 N–H and O–H groups in total. The average molecular weight is 393 g/mol. The Morgan fingerprint density at radius 3 is 2.76 bits per heavy atom. The van der Waals surface area contributed by atoms with Crippen molar-refractivity contribution >= 4 is 22.9 Å². The Labute approximate surface area is 171 Å². The lowest BCUT2D eigenvalue weighted by atomic mass is 9.92. The molecule has 1 saturated carbocycles. The van der Waals surface area contributed by atoms with Gasteiger partial charge in [-0.3, -0.25) is 9.98 Å². The molecule has 7 heteroatoms. The zero-order chi connectivity index (χ0) is 19.5. The fraction of sp³-hybridized carbons (Fsp3) is 0.500. The molecule has 4 heterocycles. The molecule has 5 rings (SSSR count). The summed E-state index contributed by atoms with van der Waals surface area (Å²) in [4.78, 5) is 18.4. The number of anilines is 1. The van der Waals surface area contributed by atoms with Crippen molar-refractivity contribution in [3.05, 3.63) is 36.7 Å². The lowest BCUT2D eigenvalue weighted by Crippen LogP contribution is -2.38. The minimum absolute atomic E-state index is 0.194. The normalized spacial score (nSPS) is 24.8. The number of hydrogen-bond acceptors (Lipinski definition) is 7. The van der Waals surface area contributed by atoms with Gasteiger partial charge < -0.3 is 19.3 Å².